The quantitative estimate of drug-likeness (QED) is 0.846. The largest absolute Gasteiger partial charge is 0.318 e. The van der Waals surface area contributed by atoms with Gasteiger partial charge in [0, 0.05) is 11.6 Å². The van der Waals surface area contributed by atoms with Gasteiger partial charge in [0.1, 0.15) is 11.4 Å². The maximum absolute atomic E-state index is 6.28. The third-order valence-electron chi connectivity index (χ3n) is 3.27. The van der Waals surface area contributed by atoms with Crippen LogP contribution >= 0.6 is 23.2 Å². The molecule has 3 rings (SSSR count). The molecule has 5 nitrogen and oxygen atoms in total. The number of ether oxygens (including phenoxy) is 2. The van der Waals surface area contributed by atoms with Crippen molar-refractivity contribution in [3.63, 3.8) is 0 Å². The molecule has 0 radical (unpaired) electrons. The molecule has 0 N–H and O–H groups in total. The van der Waals surface area contributed by atoms with Crippen LogP contribution in [-0.4, -0.2) is 21.3 Å². The smallest absolute Gasteiger partial charge is 0.208 e. The van der Waals surface area contributed by atoms with Crippen LogP contribution < -0.4 is 0 Å². The minimum absolute atomic E-state index is 0.116. The van der Waals surface area contributed by atoms with Gasteiger partial charge >= 0.3 is 0 Å². The lowest BCUT2D eigenvalue weighted by molar-refractivity contribution is -0.384. The molecule has 1 aromatic heterocycles. The number of aromatic nitrogens is 3. The first-order valence-electron chi connectivity index (χ1n) is 6.69. The summed E-state index contributed by atoms with van der Waals surface area (Å²) in [6, 6.07) is 5.45. The summed E-state index contributed by atoms with van der Waals surface area (Å²) in [7, 11) is 0. The Labute approximate surface area is 132 Å². The Morgan fingerprint density at radius 2 is 1.81 bits per heavy atom. The molecule has 0 aliphatic carbocycles. The van der Waals surface area contributed by atoms with Gasteiger partial charge in [0.25, 0.3) is 0 Å². The maximum atomic E-state index is 6.28. The molecular weight excluding hydrogens is 313 g/mol. The van der Waals surface area contributed by atoms with Gasteiger partial charge in [0.15, 0.2) is 6.29 Å². The Morgan fingerprint density at radius 3 is 2.33 bits per heavy atom. The van der Waals surface area contributed by atoms with E-state index in [1.165, 1.54) is 0 Å². The molecule has 21 heavy (non-hydrogen) atoms. The van der Waals surface area contributed by atoms with Crippen LogP contribution in [0, 0.1) is 0 Å². The molecule has 2 heterocycles. The molecule has 2 aromatic rings. The topological polar surface area (TPSA) is 49.2 Å². The normalized spacial score (nSPS) is 21.6. The molecule has 1 saturated heterocycles. The number of hydrogen-bond acceptors (Lipinski definition) is 4. The second-order valence-electron chi connectivity index (χ2n) is 5.13. The van der Waals surface area contributed by atoms with Gasteiger partial charge in [-0.2, -0.15) is 0 Å². The summed E-state index contributed by atoms with van der Waals surface area (Å²) in [5.41, 5.74) is 1.98. The Morgan fingerprint density at radius 1 is 1.19 bits per heavy atom. The van der Waals surface area contributed by atoms with Gasteiger partial charge in [0.05, 0.1) is 10.0 Å². The molecule has 7 heteroatoms. The highest BCUT2D eigenvalue weighted by Crippen LogP contribution is 2.41. The molecule has 0 amide bonds. The van der Waals surface area contributed by atoms with Gasteiger partial charge in [0.2, 0.25) is 6.29 Å². The zero-order valence-corrected chi connectivity index (χ0v) is 13.4. The van der Waals surface area contributed by atoms with E-state index in [9.17, 15) is 0 Å². The Kier molecular flexibility index (Phi) is 3.92. The van der Waals surface area contributed by atoms with Crippen molar-refractivity contribution in [3.05, 3.63) is 33.9 Å². The van der Waals surface area contributed by atoms with Crippen LogP contribution in [0.5, 0.6) is 0 Å². The molecule has 0 bridgehead atoms. The molecule has 1 aliphatic heterocycles. The van der Waals surface area contributed by atoms with E-state index in [0.717, 1.165) is 5.69 Å². The van der Waals surface area contributed by atoms with Crippen LogP contribution in [0.3, 0.4) is 0 Å². The number of halogens is 2. The van der Waals surface area contributed by atoms with E-state index >= 15 is 0 Å². The SMILES string of the molecule is CC1OC(c2c(-c3c(Cl)cccc3Cl)nnn2C(C)C)O1. The summed E-state index contributed by atoms with van der Waals surface area (Å²) < 4.78 is 13.0. The molecule has 1 aliphatic rings. The van der Waals surface area contributed by atoms with Gasteiger partial charge < -0.3 is 9.47 Å². The lowest BCUT2D eigenvalue weighted by Crippen LogP contribution is -2.33. The average molecular weight is 328 g/mol. The summed E-state index contributed by atoms with van der Waals surface area (Å²) >= 11 is 12.6. The van der Waals surface area contributed by atoms with Crippen LogP contribution in [0.4, 0.5) is 0 Å². The predicted octanol–water partition coefficient (Wildman–Crippen LogP) is 4.22. The summed E-state index contributed by atoms with van der Waals surface area (Å²) in [6.07, 6.45) is -0.736. The van der Waals surface area contributed by atoms with E-state index in [0.29, 0.717) is 21.3 Å². The highest BCUT2D eigenvalue weighted by molar-refractivity contribution is 6.39. The Hall–Kier alpha value is -1.14. The minimum atomic E-state index is -0.500. The van der Waals surface area contributed by atoms with Gasteiger partial charge in [-0.3, -0.25) is 0 Å². The molecule has 0 saturated carbocycles. The van der Waals surface area contributed by atoms with Gasteiger partial charge in [-0.15, -0.1) is 5.10 Å². The molecular formula is C14H15Cl2N3O2. The van der Waals surface area contributed by atoms with Crippen molar-refractivity contribution in [2.24, 2.45) is 0 Å². The fourth-order valence-electron chi connectivity index (χ4n) is 2.29. The molecule has 1 fully saturated rings. The van der Waals surface area contributed by atoms with E-state index < -0.39 is 6.29 Å². The van der Waals surface area contributed by atoms with Crippen LogP contribution in [0.1, 0.15) is 38.8 Å². The first-order valence-corrected chi connectivity index (χ1v) is 7.45. The van der Waals surface area contributed by atoms with Crippen molar-refractivity contribution in [1.82, 2.24) is 15.0 Å². The monoisotopic (exact) mass is 327 g/mol. The van der Waals surface area contributed by atoms with E-state index in [1.807, 2.05) is 20.8 Å². The van der Waals surface area contributed by atoms with Crippen molar-refractivity contribution >= 4 is 23.2 Å². The number of nitrogens with zero attached hydrogens (tertiary/aromatic N) is 3. The fraction of sp³-hybridized carbons (Fsp3) is 0.429. The molecule has 0 atom stereocenters. The van der Waals surface area contributed by atoms with E-state index in [2.05, 4.69) is 10.3 Å². The second kappa shape index (κ2) is 5.57. The van der Waals surface area contributed by atoms with Crippen molar-refractivity contribution < 1.29 is 9.47 Å². The zero-order valence-electron chi connectivity index (χ0n) is 11.9. The average Bonchev–Trinajstić information content (AvgIpc) is 2.79. The first kappa shape index (κ1) is 14.8. The van der Waals surface area contributed by atoms with Gasteiger partial charge in [-0.25, -0.2) is 4.68 Å². The zero-order chi connectivity index (χ0) is 15.1. The lowest BCUT2D eigenvalue weighted by Gasteiger charge is -2.34. The molecule has 112 valence electrons. The van der Waals surface area contributed by atoms with Crippen molar-refractivity contribution in [2.75, 3.05) is 0 Å². The second-order valence-corrected chi connectivity index (χ2v) is 5.94. The third-order valence-corrected chi connectivity index (χ3v) is 3.90. The van der Waals surface area contributed by atoms with Crippen LogP contribution in [0.2, 0.25) is 10.0 Å². The molecule has 1 aromatic carbocycles. The summed E-state index contributed by atoms with van der Waals surface area (Å²) in [5, 5.41) is 9.47. The fourth-order valence-corrected chi connectivity index (χ4v) is 2.87. The van der Waals surface area contributed by atoms with Crippen molar-refractivity contribution in [3.8, 4) is 11.3 Å². The molecule has 0 spiro atoms. The van der Waals surface area contributed by atoms with Crippen LogP contribution in [-0.2, 0) is 9.47 Å². The Balaban J connectivity index is 2.15. The number of hydrogen-bond donors (Lipinski definition) is 0. The number of benzene rings is 1. The highest BCUT2D eigenvalue weighted by Gasteiger charge is 2.36. The van der Waals surface area contributed by atoms with Crippen LogP contribution in [0.15, 0.2) is 18.2 Å². The van der Waals surface area contributed by atoms with E-state index in [-0.39, 0.29) is 12.3 Å². The van der Waals surface area contributed by atoms with Gasteiger partial charge in [-0.05, 0) is 32.9 Å². The van der Waals surface area contributed by atoms with Crippen molar-refractivity contribution in [2.45, 2.75) is 39.4 Å². The summed E-state index contributed by atoms with van der Waals surface area (Å²) in [5.74, 6) is 0. The third kappa shape index (κ3) is 2.55. The summed E-state index contributed by atoms with van der Waals surface area (Å²) in [4.78, 5) is 0. The highest BCUT2D eigenvalue weighted by atomic mass is 35.5. The van der Waals surface area contributed by atoms with Crippen molar-refractivity contribution in [1.29, 1.82) is 0 Å². The summed E-state index contributed by atoms with van der Waals surface area (Å²) in [6.45, 7) is 5.86. The lowest BCUT2D eigenvalue weighted by atomic mass is 10.1. The van der Waals surface area contributed by atoms with Gasteiger partial charge in [-0.1, -0.05) is 34.5 Å². The maximum Gasteiger partial charge on any atom is 0.208 e. The Bertz CT molecular complexity index is 646. The van der Waals surface area contributed by atoms with Crippen LogP contribution in [0.25, 0.3) is 11.3 Å². The van der Waals surface area contributed by atoms with E-state index in [4.69, 9.17) is 32.7 Å². The van der Waals surface area contributed by atoms with E-state index in [1.54, 1.807) is 22.9 Å². The number of rotatable bonds is 3. The first-order chi connectivity index (χ1) is 9.99. The molecule has 0 unspecified atom stereocenters. The minimum Gasteiger partial charge on any atom is -0.318 e. The predicted molar refractivity (Wildman–Crippen MR) is 80.2 cm³/mol. The standard InChI is InChI=1S/C14H15Cl2N3O2/c1-7(2)19-13(14-20-8(3)21-14)12(17-18-19)11-9(15)5-4-6-10(11)16/h4-8,14H,1-3H3.